The van der Waals surface area contributed by atoms with Gasteiger partial charge in [-0.05, 0) is 18.6 Å². The molecule has 0 saturated carbocycles. The van der Waals surface area contributed by atoms with Crippen LogP contribution in [0, 0.1) is 11.6 Å². The zero-order valence-corrected chi connectivity index (χ0v) is 12.1. The number of nitrogens with zero attached hydrogens (tertiary/aromatic N) is 1. The molecular formula is C15H15F2N3O3. The van der Waals surface area contributed by atoms with Crippen LogP contribution in [-0.2, 0) is 14.4 Å². The topological polar surface area (TPSA) is 92.5 Å². The zero-order valence-electron chi connectivity index (χ0n) is 12.1. The van der Waals surface area contributed by atoms with Crippen molar-refractivity contribution in [3.8, 4) is 0 Å². The second kappa shape index (κ2) is 5.69. The van der Waals surface area contributed by atoms with Gasteiger partial charge in [-0.2, -0.15) is 0 Å². The maximum Gasteiger partial charge on any atom is 0.234 e. The van der Waals surface area contributed by atoms with Crippen molar-refractivity contribution in [3.63, 3.8) is 0 Å². The molecule has 2 aliphatic rings. The van der Waals surface area contributed by atoms with E-state index in [1.165, 1.54) is 4.90 Å². The first kappa shape index (κ1) is 15.5. The third kappa shape index (κ3) is 2.81. The fourth-order valence-corrected chi connectivity index (χ4v) is 3.01. The van der Waals surface area contributed by atoms with Gasteiger partial charge in [-0.15, -0.1) is 0 Å². The van der Waals surface area contributed by atoms with Gasteiger partial charge >= 0.3 is 0 Å². The van der Waals surface area contributed by atoms with Crippen LogP contribution in [0.15, 0.2) is 12.1 Å². The van der Waals surface area contributed by atoms with E-state index in [4.69, 9.17) is 5.73 Å². The number of nitrogens with two attached hydrogens (primary N) is 1. The van der Waals surface area contributed by atoms with Crippen molar-refractivity contribution in [2.24, 2.45) is 5.73 Å². The molecular weight excluding hydrogens is 308 g/mol. The van der Waals surface area contributed by atoms with E-state index in [1.807, 2.05) is 0 Å². The average molecular weight is 323 g/mol. The lowest BCUT2D eigenvalue weighted by atomic mass is 9.89. The summed E-state index contributed by atoms with van der Waals surface area (Å²) in [6.45, 7) is 0.190. The van der Waals surface area contributed by atoms with Gasteiger partial charge < -0.3 is 10.6 Å². The smallest absolute Gasteiger partial charge is 0.234 e. The molecule has 2 fully saturated rings. The fraction of sp³-hybridized carbons (Fsp3) is 0.400. The minimum absolute atomic E-state index is 0.0243. The Bertz CT molecular complexity index is 684. The Kier molecular flexibility index (Phi) is 3.85. The van der Waals surface area contributed by atoms with E-state index in [0.29, 0.717) is 0 Å². The predicted molar refractivity (Wildman–Crippen MR) is 76.4 cm³/mol. The summed E-state index contributed by atoms with van der Waals surface area (Å²) in [5.41, 5.74) is 5.37. The molecule has 0 bridgehead atoms. The third-order valence-corrected chi connectivity index (χ3v) is 4.12. The minimum Gasteiger partial charge on any atom is -0.326 e. The van der Waals surface area contributed by atoms with Gasteiger partial charge in [-0.25, -0.2) is 8.78 Å². The molecule has 23 heavy (non-hydrogen) atoms. The Balaban J connectivity index is 1.94. The van der Waals surface area contributed by atoms with E-state index in [0.717, 1.165) is 12.1 Å². The minimum atomic E-state index is -1.06. The quantitative estimate of drug-likeness (QED) is 0.777. The van der Waals surface area contributed by atoms with E-state index in [-0.39, 0.29) is 49.0 Å². The highest BCUT2D eigenvalue weighted by Crippen LogP contribution is 2.33. The molecule has 3 N–H and O–H groups in total. The van der Waals surface area contributed by atoms with Crippen molar-refractivity contribution < 1.29 is 23.2 Å². The molecule has 1 aromatic carbocycles. The zero-order chi connectivity index (χ0) is 16.7. The lowest BCUT2D eigenvalue weighted by Gasteiger charge is -2.23. The summed E-state index contributed by atoms with van der Waals surface area (Å²) >= 11 is 0. The SMILES string of the molecule is N[C@H]1CC(=O)N(c2cc(F)c(C3CCC(=O)NC3=O)c(F)c2)C1. The van der Waals surface area contributed by atoms with E-state index in [9.17, 15) is 23.2 Å². The van der Waals surface area contributed by atoms with Crippen molar-refractivity contribution in [3.05, 3.63) is 29.3 Å². The van der Waals surface area contributed by atoms with Crippen LogP contribution in [0.25, 0.3) is 0 Å². The highest BCUT2D eigenvalue weighted by molar-refractivity contribution is 6.01. The maximum absolute atomic E-state index is 14.4. The van der Waals surface area contributed by atoms with Gasteiger partial charge in [0.2, 0.25) is 17.7 Å². The normalized spacial score (nSPS) is 25.0. The first-order chi connectivity index (χ1) is 10.9. The van der Waals surface area contributed by atoms with Gasteiger partial charge in [-0.3, -0.25) is 19.7 Å². The first-order valence-corrected chi connectivity index (χ1v) is 7.25. The van der Waals surface area contributed by atoms with Crippen LogP contribution >= 0.6 is 0 Å². The summed E-state index contributed by atoms with van der Waals surface area (Å²) in [4.78, 5) is 35.9. The monoisotopic (exact) mass is 323 g/mol. The van der Waals surface area contributed by atoms with Gasteiger partial charge in [0.25, 0.3) is 0 Å². The first-order valence-electron chi connectivity index (χ1n) is 7.25. The molecule has 3 rings (SSSR count). The lowest BCUT2D eigenvalue weighted by molar-refractivity contribution is -0.134. The van der Waals surface area contributed by atoms with E-state index in [2.05, 4.69) is 5.32 Å². The summed E-state index contributed by atoms with van der Waals surface area (Å²) in [6, 6.07) is 1.68. The summed E-state index contributed by atoms with van der Waals surface area (Å²) in [5.74, 6) is -4.36. The molecule has 6 nitrogen and oxygen atoms in total. The number of imide groups is 1. The lowest BCUT2D eigenvalue weighted by Crippen LogP contribution is -2.40. The van der Waals surface area contributed by atoms with Crippen LogP contribution in [0.4, 0.5) is 14.5 Å². The Hall–Kier alpha value is -2.35. The Morgan fingerprint density at radius 1 is 1.17 bits per heavy atom. The Morgan fingerprint density at radius 2 is 1.83 bits per heavy atom. The summed E-state index contributed by atoms with van der Waals surface area (Å²) in [5, 5.41) is 2.07. The number of carbonyl (C=O) groups is 3. The number of piperidine rings is 1. The Labute approximate surface area is 130 Å². The predicted octanol–water partition coefficient (Wildman–Crippen LogP) is 0.549. The molecule has 2 saturated heterocycles. The fourth-order valence-electron chi connectivity index (χ4n) is 3.01. The second-order valence-electron chi connectivity index (χ2n) is 5.80. The number of nitrogens with one attached hydrogen (secondary N) is 1. The number of amides is 3. The van der Waals surface area contributed by atoms with E-state index >= 15 is 0 Å². The molecule has 0 aliphatic carbocycles. The molecule has 2 atom stereocenters. The second-order valence-corrected chi connectivity index (χ2v) is 5.80. The number of rotatable bonds is 2. The molecule has 0 aromatic heterocycles. The van der Waals surface area contributed by atoms with Gasteiger partial charge in [0, 0.05) is 36.7 Å². The van der Waals surface area contributed by atoms with Crippen molar-refractivity contribution in [1.29, 1.82) is 0 Å². The molecule has 1 unspecified atom stereocenters. The molecule has 122 valence electrons. The largest absolute Gasteiger partial charge is 0.326 e. The van der Waals surface area contributed by atoms with Gasteiger partial charge in [0.1, 0.15) is 11.6 Å². The molecule has 0 radical (unpaired) electrons. The molecule has 2 heterocycles. The molecule has 8 heteroatoms. The van der Waals surface area contributed by atoms with Crippen molar-refractivity contribution in [1.82, 2.24) is 5.32 Å². The van der Waals surface area contributed by atoms with Crippen LogP contribution in [0.1, 0.15) is 30.7 Å². The number of anilines is 1. The van der Waals surface area contributed by atoms with Gasteiger partial charge in [-0.1, -0.05) is 0 Å². The standard InChI is InChI=1S/C15H15F2N3O3/c16-10-4-8(20-6-7(18)3-13(20)22)5-11(17)14(10)9-1-2-12(21)19-15(9)23/h4-5,7,9H,1-3,6,18H2,(H,19,21,23)/t7-,9?/m0/s1. The molecule has 2 aliphatic heterocycles. The summed E-state index contributed by atoms with van der Waals surface area (Å²) in [6.07, 6.45) is 0.194. The molecule has 1 aromatic rings. The van der Waals surface area contributed by atoms with Crippen molar-refractivity contribution in [2.45, 2.75) is 31.2 Å². The van der Waals surface area contributed by atoms with Crippen LogP contribution in [0.2, 0.25) is 0 Å². The number of hydrogen-bond acceptors (Lipinski definition) is 4. The van der Waals surface area contributed by atoms with Crippen LogP contribution in [0.5, 0.6) is 0 Å². The number of hydrogen-bond donors (Lipinski definition) is 2. The van der Waals surface area contributed by atoms with E-state index in [1.54, 1.807) is 0 Å². The number of benzene rings is 1. The summed E-state index contributed by atoms with van der Waals surface area (Å²) in [7, 11) is 0. The molecule has 0 spiro atoms. The van der Waals surface area contributed by atoms with E-state index < -0.39 is 29.4 Å². The van der Waals surface area contributed by atoms with Gasteiger partial charge in [0.15, 0.2) is 0 Å². The highest BCUT2D eigenvalue weighted by Gasteiger charge is 2.34. The van der Waals surface area contributed by atoms with Crippen LogP contribution in [-0.4, -0.2) is 30.3 Å². The highest BCUT2D eigenvalue weighted by atomic mass is 19.1. The maximum atomic E-state index is 14.4. The van der Waals surface area contributed by atoms with Gasteiger partial charge in [0.05, 0.1) is 5.92 Å². The number of carbonyl (C=O) groups excluding carboxylic acids is 3. The van der Waals surface area contributed by atoms with Crippen molar-refractivity contribution >= 4 is 23.4 Å². The summed E-state index contributed by atoms with van der Waals surface area (Å²) < 4.78 is 28.7. The van der Waals surface area contributed by atoms with Crippen LogP contribution in [0.3, 0.4) is 0 Å². The Morgan fingerprint density at radius 3 is 2.35 bits per heavy atom. The third-order valence-electron chi connectivity index (χ3n) is 4.12. The van der Waals surface area contributed by atoms with Crippen LogP contribution < -0.4 is 16.0 Å². The average Bonchev–Trinajstić information content (AvgIpc) is 2.79. The molecule has 3 amide bonds. The number of halogens is 2. The van der Waals surface area contributed by atoms with Crippen molar-refractivity contribution in [2.75, 3.05) is 11.4 Å².